The quantitative estimate of drug-likeness (QED) is 0.0363. The van der Waals surface area contributed by atoms with Crippen molar-refractivity contribution in [1.82, 2.24) is 16.0 Å². The van der Waals surface area contributed by atoms with Crippen LogP contribution in [-0.2, 0) is 25.6 Å². The molecule has 1 aromatic carbocycles. The summed E-state index contributed by atoms with van der Waals surface area (Å²) in [5.74, 6) is -0.729. The molecule has 7 N–H and O–H groups in total. The van der Waals surface area contributed by atoms with Gasteiger partial charge in [0.25, 0.3) is 0 Å². The number of carbonyl (C=O) groups excluding carboxylic acids is 4. The van der Waals surface area contributed by atoms with E-state index >= 15 is 0 Å². The van der Waals surface area contributed by atoms with Crippen LogP contribution >= 0.6 is 0 Å². The molecule has 3 atom stereocenters. The van der Waals surface area contributed by atoms with Crippen LogP contribution in [0.5, 0.6) is 0 Å². The van der Waals surface area contributed by atoms with Crippen molar-refractivity contribution >= 4 is 30.2 Å². The monoisotopic (exact) mass is 654 g/mol. The van der Waals surface area contributed by atoms with Gasteiger partial charge in [0.15, 0.2) is 0 Å². The number of nitrogens with two attached hydrogens (primary N) is 2. The number of amides is 3. The van der Waals surface area contributed by atoms with Crippen molar-refractivity contribution in [2.45, 2.75) is 134 Å². The van der Waals surface area contributed by atoms with E-state index in [0.29, 0.717) is 25.7 Å². The summed E-state index contributed by atoms with van der Waals surface area (Å²) in [7, 11) is 0. The summed E-state index contributed by atoms with van der Waals surface area (Å²) in [6.07, 6.45) is 23.8. The second kappa shape index (κ2) is 28.8. The Morgan fingerprint density at radius 2 is 1.45 bits per heavy atom. The van der Waals surface area contributed by atoms with Gasteiger partial charge in [0.2, 0.25) is 17.7 Å². The molecule has 0 radical (unpaired) electrons. The average Bonchev–Trinajstić information content (AvgIpc) is 3.07. The maximum absolute atomic E-state index is 12.6. The van der Waals surface area contributed by atoms with Gasteiger partial charge in [-0.25, -0.2) is 0 Å². The Morgan fingerprint density at radius 3 is 2.09 bits per heavy atom. The van der Waals surface area contributed by atoms with Gasteiger partial charge in [0, 0.05) is 32.1 Å². The van der Waals surface area contributed by atoms with E-state index < -0.39 is 12.1 Å². The van der Waals surface area contributed by atoms with E-state index in [0.717, 1.165) is 37.7 Å². The van der Waals surface area contributed by atoms with Crippen LogP contribution in [0.3, 0.4) is 0 Å². The Balaban J connectivity index is 2.26. The van der Waals surface area contributed by atoms with Crippen molar-refractivity contribution in [2.75, 3.05) is 19.6 Å². The SMILES string of the molecule is CCCCCCCC/C=C\CCCCCCCC(=O)NC(CN)C(=O)NCCN=CC(Cc1ccccc1)NC(=O)CCC(N)C=O. The number of rotatable bonds is 29. The number of hydrogen-bond acceptors (Lipinski definition) is 7. The smallest absolute Gasteiger partial charge is 0.243 e. The number of benzene rings is 1. The minimum absolute atomic E-state index is 0.00611. The van der Waals surface area contributed by atoms with Gasteiger partial charge in [-0.1, -0.05) is 101 Å². The predicted molar refractivity (Wildman–Crippen MR) is 192 cm³/mol. The number of aliphatic imine (C=N–C) groups is 1. The molecular weight excluding hydrogens is 592 g/mol. The lowest BCUT2D eigenvalue weighted by Crippen LogP contribution is -2.51. The summed E-state index contributed by atoms with van der Waals surface area (Å²) < 4.78 is 0. The van der Waals surface area contributed by atoms with Crippen molar-refractivity contribution in [3.8, 4) is 0 Å². The van der Waals surface area contributed by atoms with Crippen molar-refractivity contribution < 1.29 is 19.2 Å². The highest BCUT2D eigenvalue weighted by molar-refractivity contribution is 5.87. The Bertz CT molecular complexity index is 1030. The highest BCUT2D eigenvalue weighted by Crippen LogP contribution is 2.10. The molecule has 0 heterocycles. The van der Waals surface area contributed by atoms with Gasteiger partial charge in [-0.05, 0) is 50.5 Å². The molecule has 0 saturated carbocycles. The maximum Gasteiger partial charge on any atom is 0.243 e. The minimum Gasteiger partial charge on any atom is -0.352 e. The van der Waals surface area contributed by atoms with E-state index in [2.05, 4.69) is 40.0 Å². The predicted octanol–water partition coefficient (Wildman–Crippen LogP) is 4.69. The second-order valence-electron chi connectivity index (χ2n) is 12.2. The Kier molecular flexibility index (Phi) is 25.5. The molecule has 3 unspecified atom stereocenters. The number of allylic oxidation sites excluding steroid dienone is 2. The number of unbranched alkanes of at least 4 members (excludes halogenated alkanes) is 11. The molecule has 264 valence electrons. The largest absolute Gasteiger partial charge is 0.352 e. The lowest BCUT2D eigenvalue weighted by atomic mass is 10.1. The molecule has 0 aliphatic heterocycles. The number of nitrogens with one attached hydrogen (secondary N) is 3. The third-order valence-electron chi connectivity index (χ3n) is 7.90. The fourth-order valence-electron chi connectivity index (χ4n) is 5.08. The number of hydrogen-bond donors (Lipinski definition) is 5. The normalized spacial score (nSPS) is 13.3. The average molecular weight is 655 g/mol. The summed E-state index contributed by atoms with van der Waals surface area (Å²) in [6.45, 7) is 2.81. The second-order valence-corrected chi connectivity index (χ2v) is 12.2. The summed E-state index contributed by atoms with van der Waals surface area (Å²) in [5.41, 5.74) is 12.4. The van der Waals surface area contributed by atoms with Crippen LogP contribution in [-0.4, -0.2) is 68.0 Å². The van der Waals surface area contributed by atoms with Crippen LogP contribution in [0, 0.1) is 0 Å². The molecule has 10 nitrogen and oxygen atoms in total. The fourth-order valence-corrected chi connectivity index (χ4v) is 5.08. The molecular formula is C37H62N6O4. The van der Waals surface area contributed by atoms with Crippen LogP contribution in [0.1, 0.15) is 115 Å². The van der Waals surface area contributed by atoms with Crippen molar-refractivity contribution in [3.63, 3.8) is 0 Å². The highest BCUT2D eigenvalue weighted by Gasteiger charge is 2.18. The fraction of sp³-hybridized carbons (Fsp3) is 0.649. The molecule has 1 aromatic rings. The molecule has 3 amide bonds. The van der Waals surface area contributed by atoms with Gasteiger partial charge in [0.1, 0.15) is 12.3 Å². The lowest BCUT2D eigenvalue weighted by molar-refractivity contribution is -0.128. The van der Waals surface area contributed by atoms with Gasteiger partial charge in [-0.2, -0.15) is 0 Å². The molecule has 0 aliphatic rings. The third kappa shape index (κ3) is 23.6. The maximum atomic E-state index is 12.6. The lowest BCUT2D eigenvalue weighted by Gasteiger charge is -2.17. The Hall–Kier alpha value is -3.37. The molecule has 47 heavy (non-hydrogen) atoms. The van der Waals surface area contributed by atoms with Crippen LogP contribution in [0.2, 0.25) is 0 Å². The summed E-state index contributed by atoms with van der Waals surface area (Å²) >= 11 is 0. The zero-order valence-corrected chi connectivity index (χ0v) is 28.8. The number of carbonyl (C=O) groups is 4. The topological polar surface area (TPSA) is 169 Å². The van der Waals surface area contributed by atoms with E-state index in [9.17, 15) is 19.2 Å². The molecule has 0 bridgehead atoms. The van der Waals surface area contributed by atoms with Crippen LogP contribution < -0.4 is 27.4 Å². The van der Waals surface area contributed by atoms with Gasteiger partial charge in [-0.3, -0.25) is 19.4 Å². The Labute approximate surface area is 283 Å². The zero-order chi connectivity index (χ0) is 34.4. The van der Waals surface area contributed by atoms with Crippen molar-refractivity contribution in [2.24, 2.45) is 16.5 Å². The molecule has 0 fully saturated rings. The zero-order valence-electron chi connectivity index (χ0n) is 28.8. The first-order valence-corrected chi connectivity index (χ1v) is 17.9. The summed E-state index contributed by atoms with van der Waals surface area (Å²) in [5, 5.41) is 8.45. The van der Waals surface area contributed by atoms with Crippen LogP contribution in [0.4, 0.5) is 0 Å². The van der Waals surface area contributed by atoms with E-state index in [1.165, 1.54) is 51.4 Å². The Morgan fingerprint density at radius 1 is 0.830 bits per heavy atom. The molecule has 0 spiro atoms. The van der Waals surface area contributed by atoms with Crippen molar-refractivity contribution in [3.05, 3.63) is 48.0 Å². The van der Waals surface area contributed by atoms with Gasteiger partial charge >= 0.3 is 0 Å². The molecule has 10 heteroatoms. The molecule has 0 aromatic heterocycles. The minimum atomic E-state index is -0.794. The molecule has 0 aliphatic carbocycles. The van der Waals surface area contributed by atoms with Crippen LogP contribution in [0.15, 0.2) is 47.5 Å². The van der Waals surface area contributed by atoms with Gasteiger partial charge in [-0.15, -0.1) is 0 Å². The van der Waals surface area contributed by atoms with Crippen molar-refractivity contribution in [1.29, 1.82) is 0 Å². The first kappa shape index (κ1) is 41.7. The summed E-state index contributed by atoms with van der Waals surface area (Å²) in [4.78, 5) is 52.5. The van der Waals surface area contributed by atoms with Gasteiger partial charge in [0.05, 0.1) is 18.6 Å². The van der Waals surface area contributed by atoms with E-state index in [1.807, 2.05) is 30.3 Å². The first-order chi connectivity index (χ1) is 22.9. The third-order valence-corrected chi connectivity index (χ3v) is 7.90. The van der Waals surface area contributed by atoms with E-state index in [4.69, 9.17) is 11.5 Å². The molecule has 0 saturated heterocycles. The van der Waals surface area contributed by atoms with Gasteiger partial charge < -0.3 is 32.2 Å². The van der Waals surface area contributed by atoms with E-state index in [1.54, 1.807) is 6.21 Å². The first-order valence-electron chi connectivity index (χ1n) is 17.9. The number of aldehydes is 1. The molecule has 1 rings (SSSR count). The van der Waals surface area contributed by atoms with Crippen LogP contribution in [0.25, 0.3) is 0 Å². The highest BCUT2D eigenvalue weighted by atomic mass is 16.2. The standard InChI is InChI=1S/C37H62N6O4/c1-2-3-4-5-6-7-8-9-10-11-12-13-14-15-19-22-35(45)43-34(28-38)37(47)41-26-25-40-29-33(27-31-20-17-16-18-21-31)42-36(46)24-23-32(39)30-44/h9-10,16-18,20-21,29-30,32-34H,2-8,11-15,19,22-28,38-39H2,1H3,(H,41,47)(H,42,46)(H,43,45)/b10-9-,40-29?. The van der Waals surface area contributed by atoms with E-state index in [-0.39, 0.29) is 49.7 Å². The summed E-state index contributed by atoms with van der Waals surface area (Å²) in [6, 6.07) is 7.89. The number of nitrogens with zero attached hydrogens (tertiary/aromatic N) is 1.